The predicted molar refractivity (Wildman–Crippen MR) is 120 cm³/mol. The number of benzene rings is 1. The predicted octanol–water partition coefficient (Wildman–Crippen LogP) is 3.11. The third kappa shape index (κ3) is 5.71. The Hall–Kier alpha value is -3.05. The Bertz CT molecular complexity index is 1050. The lowest BCUT2D eigenvalue weighted by Gasteiger charge is -2.37. The quantitative estimate of drug-likeness (QED) is 0.516. The number of imidazole rings is 1. The summed E-state index contributed by atoms with van der Waals surface area (Å²) in [5.74, 6) is -3.94. The number of primary amides is 1. The first-order valence-electron chi connectivity index (χ1n) is 10.7. The SMILES string of the molecule is COC(C)CN(C(=O)c1nc[nH]c1C(N)=O)[C@H]1CC[C@H](C(=O)Nc2c(F)cc(F)cc2Cl)CC1. The van der Waals surface area contributed by atoms with Crippen molar-refractivity contribution >= 4 is 35.0 Å². The van der Waals surface area contributed by atoms with E-state index in [0.717, 1.165) is 6.07 Å². The van der Waals surface area contributed by atoms with E-state index >= 15 is 0 Å². The number of H-pyrrole nitrogens is 1. The van der Waals surface area contributed by atoms with E-state index in [1.54, 1.807) is 11.8 Å². The Morgan fingerprint density at radius 2 is 1.97 bits per heavy atom. The third-order valence-electron chi connectivity index (χ3n) is 5.97. The fourth-order valence-electron chi connectivity index (χ4n) is 4.07. The molecule has 1 atom stereocenters. The molecule has 1 aromatic heterocycles. The summed E-state index contributed by atoms with van der Waals surface area (Å²) in [6.45, 7) is 2.05. The Balaban J connectivity index is 1.71. The van der Waals surface area contributed by atoms with Crippen molar-refractivity contribution in [2.45, 2.75) is 44.8 Å². The Kier molecular flexibility index (Phi) is 8.21. The molecule has 0 bridgehead atoms. The van der Waals surface area contributed by atoms with Gasteiger partial charge in [0.15, 0.2) is 11.5 Å². The van der Waals surface area contributed by atoms with E-state index in [1.807, 2.05) is 0 Å². The van der Waals surface area contributed by atoms with Gasteiger partial charge in [-0.25, -0.2) is 13.8 Å². The molecule has 34 heavy (non-hydrogen) atoms. The Morgan fingerprint density at radius 1 is 1.29 bits per heavy atom. The van der Waals surface area contributed by atoms with Crippen LogP contribution in [0.2, 0.25) is 5.02 Å². The first-order chi connectivity index (χ1) is 16.1. The molecule has 12 heteroatoms. The standard InChI is InChI=1S/C22H26ClF2N5O4/c1-11(34-2)9-30(22(33)19-18(20(26)31)27-10-28-19)14-5-3-12(4-6-14)21(32)29-17-15(23)7-13(24)8-16(17)25/h7-8,10-12,14H,3-6,9H2,1-2H3,(H2,26,31)(H,27,28)(H,29,32)/t11?,12-,14-. The fourth-order valence-corrected chi connectivity index (χ4v) is 4.31. The number of methoxy groups -OCH3 is 1. The molecular formula is C22H26ClF2N5O4. The monoisotopic (exact) mass is 497 g/mol. The van der Waals surface area contributed by atoms with Crippen molar-refractivity contribution in [3.63, 3.8) is 0 Å². The number of aromatic nitrogens is 2. The summed E-state index contributed by atoms with van der Waals surface area (Å²) < 4.78 is 32.6. The molecule has 3 rings (SSSR count). The van der Waals surface area contributed by atoms with E-state index in [1.165, 1.54) is 13.4 Å². The van der Waals surface area contributed by atoms with Crippen molar-refractivity contribution in [3.05, 3.63) is 46.5 Å². The van der Waals surface area contributed by atoms with Gasteiger partial charge in [0.05, 0.1) is 23.1 Å². The third-order valence-corrected chi connectivity index (χ3v) is 6.27. The molecule has 1 aromatic carbocycles. The first-order valence-corrected chi connectivity index (χ1v) is 11.1. The van der Waals surface area contributed by atoms with Gasteiger partial charge < -0.3 is 25.7 Å². The van der Waals surface area contributed by atoms with Crippen LogP contribution in [0.4, 0.5) is 14.5 Å². The molecule has 0 spiro atoms. The van der Waals surface area contributed by atoms with Crippen LogP contribution in [0, 0.1) is 17.6 Å². The number of aromatic amines is 1. The molecule has 0 radical (unpaired) electrons. The summed E-state index contributed by atoms with van der Waals surface area (Å²) in [5.41, 5.74) is 4.93. The highest BCUT2D eigenvalue weighted by Crippen LogP contribution is 2.32. The van der Waals surface area contributed by atoms with Crippen LogP contribution >= 0.6 is 11.6 Å². The number of hydrogen-bond donors (Lipinski definition) is 3. The maximum Gasteiger partial charge on any atom is 0.275 e. The van der Waals surface area contributed by atoms with Crippen LogP contribution in [0.15, 0.2) is 18.5 Å². The molecule has 1 unspecified atom stereocenters. The number of carbonyl (C=O) groups excluding carboxylic acids is 3. The molecule has 1 aliphatic carbocycles. The smallest absolute Gasteiger partial charge is 0.275 e. The van der Waals surface area contributed by atoms with E-state index in [0.29, 0.717) is 31.7 Å². The lowest BCUT2D eigenvalue weighted by molar-refractivity contribution is -0.121. The molecule has 184 valence electrons. The average Bonchev–Trinajstić information content (AvgIpc) is 3.29. The van der Waals surface area contributed by atoms with E-state index < -0.39 is 35.3 Å². The number of rotatable bonds is 8. The lowest BCUT2D eigenvalue weighted by Crippen LogP contribution is -2.47. The molecule has 4 N–H and O–H groups in total. The second-order valence-electron chi connectivity index (χ2n) is 8.23. The van der Waals surface area contributed by atoms with Gasteiger partial charge in [-0.2, -0.15) is 0 Å². The molecule has 1 saturated carbocycles. The van der Waals surface area contributed by atoms with E-state index in [-0.39, 0.29) is 40.8 Å². The second-order valence-corrected chi connectivity index (χ2v) is 8.64. The minimum atomic E-state index is -0.957. The highest BCUT2D eigenvalue weighted by Gasteiger charge is 2.35. The number of hydrogen-bond acceptors (Lipinski definition) is 5. The fraction of sp³-hybridized carbons (Fsp3) is 0.455. The summed E-state index contributed by atoms with van der Waals surface area (Å²) in [6.07, 6.45) is 2.75. The average molecular weight is 498 g/mol. The minimum Gasteiger partial charge on any atom is -0.380 e. The molecule has 0 saturated heterocycles. The lowest BCUT2D eigenvalue weighted by atomic mass is 9.84. The van der Waals surface area contributed by atoms with Crippen LogP contribution in [-0.4, -0.2) is 58.4 Å². The molecule has 0 aliphatic heterocycles. The van der Waals surface area contributed by atoms with Gasteiger partial charge in [-0.3, -0.25) is 14.4 Å². The molecule has 3 amide bonds. The minimum absolute atomic E-state index is 0.0721. The topological polar surface area (TPSA) is 130 Å². The van der Waals surface area contributed by atoms with Crippen LogP contribution in [0.3, 0.4) is 0 Å². The summed E-state index contributed by atoms with van der Waals surface area (Å²) in [5, 5.41) is 2.22. The van der Waals surface area contributed by atoms with E-state index in [2.05, 4.69) is 15.3 Å². The summed E-state index contributed by atoms with van der Waals surface area (Å²) >= 11 is 5.87. The summed E-state index contributed by atoms with van der Waals surface area (Å²) in [4.78, 5) is 45.8. The zero-order chi connectivity index (χ0) is 25.0. The van der Waals surface area contributed by atoms with Crippen LogP contribution in [0.1, 0.15) is 53.6 Å². The molecule has 1 heterocycles. The van der Waals surface area contributed by atoms with Gasteiger partial charge in [0.2, 0.25) is 5.91 Å². The van der Waals surface area contributed by atoms with Gasteiger partial charge in [-0.1, -0.05) is 11.6 Å². The van der Waals surface area contributed by atoms with Crippen molar-refractivity contribution in [2.75, 3.05) is 19.0 Å². The number of nitrogens with two attached hydrogens (primary N) is 1. The maximum atomic E-state index is 14.0. The summed E-state index contributed by atoms with van der Waals surface area (Å²) in [7, 11) is 1.53. The Morgan fingerprint density at radius 3 is 2.56 bits per heavy atom. The largest absolute Gasteiger partial charge is 0.380 e. The zero-order valence-electron chi connectivity index (χ0n) is 18.7. The van der Waals surface area contributed by atoms with Gasteiger partial charge in [0.1, 0.15) is 11.5 Å². The Labute approximate surface area is 200 Å². The van der Waals surface area contributed by atoms with Crippen LogP contribution < -0.4 is 11.1 Å². The van der Waals surface area contributed by atoms with Crippen molar-refractivity contribution in [1.29, 1.82) is 0 Å². The van der Waals surface area contributed by atoms with Gasteiger partial charge in [-0.15, -0.1) is 0 Å². The zero-order valence-corrected chi connectivity index (χ0v) is 19.5. The molecular weight excluding hydrogens is 472 g/mol. The van der Waals surface area contributed by atoms with Crippen LogP contribution in [0.25, 0.3) is 0 Å². The second kappa shape index (κ2) is 10.9. The van der Waals surface area contributed by atoms with Crippen molar-refractivity contribution in [2.24, 2.45) is 11.7 Å². The maximum absolute atomic E-state index is 14.0. The van der Waals surface area contributed by atoms with Gasteiger partial charge in [0.25, 0.3) is 11.8 Å². The van der Waals surface area contributed by atoms with Crippen LogP contribution in [0.5, 0.6) is 0 Å². The van der Waals surface area contributed by atoms with E-state index in [9.17, 15) is 23.2 Å². The van der Waals surface area contributed by atoms with Gasteiger partial charge in [0, 0.05) is 31.7 Å². The normalized spacial score (nSPS) is 18.9. The number of amides is 3. The highest BCUT2D eigenvalue weighted by atomic mass is 35.5. The van der Waals surface area contributed by atoms with Gasteiger partial charge in [-0.05, 0) is 38.7 Å². The number of nitrogens with one attached hydrogen (secondary N) is 2. The van der Waals surface area contributed by atoms with Crippen molar-refractivity contribution in [3.8, 4) is 0 Å². The number of ether oxygens (including phenoxy) is 1. The van der Waals surface area contributed by atoms with Crippen molar-refractivity contribution in [1.82, 2.24) is 14.9 Å². The summed E-state index contributed by atoms with van der Waals surface area (Å²) in [6, 6.07) is 1.33. The molecule has 1 fully saturated rings. The van der Waals surface area contributed by atoms with Crippen LogP contribution in [-0.2, 0) is 9.53 Å². The number of nitrogens with zero attached hydrogens (tertiary/aromatic N) is 2. The molecule has 9 nitrogen and oxygen atoms in total. The van der Waals surface area contributed by atoms with Crippen molar-refractivity contribution < 1.29 is 27.9 Å². The first kappa shape index (κ1) is 25.6. The molecule has 1 aliphatic rings. The number of halogens is 3. The molecule has 2 aromatic rings. The number of carbonyl (C=O) groups is 3. The van der Waals surface area contributed by atoms with E-state index in [4.69, 9.17) is 22.1 Å². The number of anilines is 1. The van der Waals surface area contributed by atoms with Gasteiger partial charge >= 0.3 is 0 Å². The highest BCUT2D eigenvalue weighted by molar-refractivity contribution is 6.33.